The Morgan fingerprint density at radius 3 is 2.50 bits per heavy atom. The minimum atomic E-state index is -0.382. The van der Waals surface area contributed by atoms with Crippen molar-refractivity contribution in [2.24, 2.45) is 0 Å². The van der Waals surface area contributed by atoms with Crippen LogP contribution in [0.2, 0.25) is 0 Å². The Kier molecular flexibility index (Phi) is 5.48. The fourth-order valence-corrected chi connectivity index (χ4v) is 3.68. The summed E-state index contributed by atoms with van der Waals surface area (Å²) in [5.74, 6) is -0.385. The van der Waals surface area contributed by atoms with Crippen molar-refractivity contribution in [1.82, 2.24) is 5.32 Å². The summed E-state index contributed by atoms with van der Waals surface area (Å²) in [4.78, 5) is 27.0. The second kappa shape index (κ2) is 8.37. The lowest BCUT2D eigenvalue weighted by molar-refractivity contribution is 0.0981. The molecule has 0 aliphatic carbocycles. The number of nitrogens with zero attached hydrogens (tertiary/aromatic N) is 1. The molecular formula is C24H22FN3O2. The fourth-order valence-electron chi connectivity index (χ4n) is 3.68. The SMILES string of the molecule is CC1Cc2ccc(CNC(=O)Nc3ccc(F)cc3)cc2N1C(=O)c1ccccc1. The third kappa shape index (κ3) is 4.17. The number of hydrogen-bond acceptors (Lipinski definition) is 2. The van der Waals surface area contributed by atoms with Crippen molar-refractivity contribution in [3.63, 3.8) is 0 Å². The molecule has 0 bridgehead atoms. The molecule has 5 nitrogen and oxygen atoms in total. The molecule has 1 aliphatic heterocycles. The molecule has 4 rings (SSSR count). The number of nitrogens with one attached hydrogen (secondary N) is 2. The van der Waals surface area contributed by atoms with E-state index in [9.17, 15) is 14.0 Å². The van der Waals surface area contributed by atoms with E-state index in [1.54, 1.807) is 0 Å². The minimum Gasteiger partial charge on any atom is -0.334 e. The lowest BCUT2D eigenvalue weighted by Gasteiger charge is -2.23. The Balaban J connectivity index is 1.45. The highest BCUT2D eigenvalue weighted by Crippen LogP contribution is 2.34. The maximum atomic E-state index is 13.0. The maximum absolute atomic E-state index is 13.0. The number of carbonyl (C=O) groups is 2. The molecule has 1 unspecified atom stereocenters. The van der Waals surface area contributed by atoms with Crippen LogP contribution in [0.1, 0.15) is 28.4 Å². The quantitative estimate of drug-likeness (QED) is 0.661. The van der Waals surface area contributed by atoms with E-state index in [1.807, 2.05) is 60.4 Å². The van der Waals surface area contributed by atoms with Gasteiger partial charge in [-0.3, -0.25) is 4.79 Å². The standard InChI is InChI=1S/C24H22FN3O2/c1-16-13-19-8-7-17(15-26-24(30)27-21-11-9-20(25)10-12-21)14-22(19)28(16)23(29)18-5-3-2-4-6-18/h2-12,14,16H,13,15H2,1H3,(H2,26,27,30). The molecule has 0 fully saturated rings. The van der Waals surface area contributed by atoms with Crippen LogP contribution in [0, 0.1) is 5.82 Å². The van der Waals surface area contributed by atoms with Gasteiger partial charge in [-0.25, -0.2) is 9.18 Å². The van der Waals surface area contributed by atoms with E-state index in [4.69, 9.17) is 0 Å². The second-order valence-corrected chi connectivity index (χ2v) is 7.37. The van der Waals surface area contributed by atoms with Crippen LogP contribution in [0.4, 0.5) is 20.6 Å². The molecule has 2 N–H and O–H groups in total. The Morgan fingerprint density at radius 1 is 1.03 bits per heavy atom. The highest BCUT2D eigenvalue weighted by Gasteiger charge is 2.31. The smallest absolute Gasteiger partial charge is 0.319 e. The topological polar surface area (TPSA) is 61.4 Å². The van der Waals surface area contributed by atoms with E-state index in [0.29, 0.717) is 17.8 Å². The average molecular weight is 403 g/mol. The molecule has 0 saturated heterocycles. The summed E-state index contributed by atoms with van der Waals surface area (Å²) in [6.45, 7) is 2.34. The summed E-state index contributed by atoms with van der Waals surface area (Å²) in [5, 5.41) is 5.46. The molecule has 1 heterocycles. The highest BCUT2D eigenvalue weighted by atomic mass is 19.1. The van der Waals surface area contributed by atoms with Crippen LogP contribution in [0.3, 0.4) is 0 Å². The fraction of sp³-hybridized carbons (Fsp3) is 0.167. The zero-order valence-electron chi connectivity index (χ0n) is 16.6. The van der Waals surface area contributed by atoms with Gasteiger partial charge in [-0.15, -0.1) is 0 Å². The minimum absolute atomic E-state index is 0.0268. The number of fused-ring (bicyclic) bond motifs is 1. The summed E-state index contributed by atoms with van der Waals surface area (Å²) < 4.78 is 13.0. The zero-order valence-corrected chi connectivity index (χ0v) is 16.6. The first-order valence-corrected chi connectivity index (χ1v) is 9.82. The van der Waals surface area contributed by atoms with Crippen LogP contribution in [-0.2, 0) is 13.0 Å². The van der Waals surface area contributed by atoms with Crippen molar-refractivity contribution in [2.75, 3.05) is 10.2 Å². The van der Waals surface area contributed by atoms with Gasteiger partial charge in [0.15, 0.2) is 0 Å². The zero-order chi connectivity index (χ0) is 21.1. The van der Waals surface area contributed by atoms with Gasteiger partial charge in [0.2, 0.25) is 0 Å². The van der Waals surface area contributed by atoms with Crippen molar-refractivity contribution >= 4 is 23.3 Å². The molecule has 0 aromatic heterocycles. The van der Waals surface area contributed by atoms with E-state index in [0.717, 1.165) is 23.2 Å². The van der Waals surface area contributed by atoms with E-state index >= 15 is 0 Å². The van der Waals surface area contributed by atoms with Crippen LogP contribution in [0.25, 0.3) is 0 Å². The summed E-state index contributed by atoms with van der Waals surface area (Å²) in [7, 11) is 0. The van der Waals surface area contributed by atoms with Crippen molar-refractivity contribution in [3.8, 4) is 0 Å². The average Bonchev–Trinajstić information content (AvgIpc) is 3.09. The Bertz CT molecular complexity index is 1070. The predicted molar refractivity (Wildman–Crippen MR) is 115 cm³/mol. The van der Waals surface area contributed by atoms with Crippen LogP contribution < -0.4 is 15.5 Å². The van der Waals surface area contributed by atoms with Crippen molar-refractivity contribution in [1.29, 1.82) is 0 Å². The Hall–Kier alpha value is -3.67. The van der Waals surface area contributed by atoms with Gasteiger partial charge in [0.25, 0.3) is 5.91 Å². The van der Waals surface area contributed by atoms with Crippen LogP contribution in [0.15, 0.2) is 72.8 Å². The van der Waals surface area contributed by atoms with Gasteiger partial charge in [-0.2, -0.15) is 0 Å². The molecule has 0 radical (unpaired) electrons. The van der Waals surface area contributed by atoms with Crippen LogP contribution in [0.5, 0.6) is 0 Å². The molecule has 6 heteroatoms. The molecule has 1 atom stereocenters. The number of benzene rings is 3. The Labute approximate surface area is 174 Å². The highest BCUT2D eigenvalue weighted by molar-refractivity contribution is 6.07. The molecule has 0 saturated carbocycles. The van der Waals surface area contributed by atoms with Gasteiger partial charge in [0.05, 0.1) is 0 Å². The normalized spacial score (nSPS) is 14.9. The third-order valence-corrected chi connectivity index (χ3v) is 5.16. The number of anilines is 2. The van der Waals surface area contributed by atoms with Crippen molar-refractivity contribution in [2.45, 2.75) is 25.9 Å². The first-order chi connectivity index (χ1) is 14.5. The number of carbonyl (C=O) groups excluding carboxylic acids is 2. The lowest BCUT2D eigenvalue weighted by atomic mass is 10.1. The summed E-state index contributed by atoms with van der Waals surface area (Å²) >= 11 is 0. The molecular weight excluding hydrogens is 381 g/mol. The monoisotopic (exact) mass is 403 g/mol. The number of urea groups is 1. The number of amides is 3. The largest absolute Gasteiger partial charge is 0.334 e. The molecule has 1 aliphatic rings. The van der Waals surface area contributed by atoms with Gasteiger partial charge in [0.1, 0.15) is 5.82 Å². The van der Waals surface area contributed by atoms with Gasteiger partial charge >= 0.3 is 6.03 Å². The molecule has 30 heavy (non-hydrogen) atoms. The van der Waals surface area contributed by atoms with E-state index < -0.39 is 0 Å². The molecule has 3 aromatic rings. The molecule has 3 aromatic carbocycles. The third-order valence-electron chi connectivity index (χ3n) is 5.16. The van der Waals surface area contributed by atoms with Crippen molar-refractivity contribution in [3.05, 3.63) is 95.3 Å². The van der Waals surface area contributed by atoms with E-state index in [2.05, 4.69) is 10.6 Å². The van der Waals surface area contributed by atoms with Crippen LogP contribution >= 0.6 is 0 Å². The van der Waals surface area contributed by atoms with Gasteiger partial charge in [-0.1, -0.05) is 30.3 Å². The molecule has 0 spiro atoms. The predicted octanol–water partition coefficient (Wildman–Crippen LogP) is 4.74. The number of rotatable bonds is 4. The first-order valence-electron chi connectivity index (χ1n) is 9.82. The van der Waals surface area contributed by atoms with Gasteiger partial charge in [0, 0.05) is 29.5 Å². The number of halogens is 1. The summed E-state index contributed by atoms with van der Waals surface area (Å²) in [6, 6.07) is 20.4. The molecule has 152 valence electrons. The van der Waals surface area contributed by atoms with E-state index in [-0.39, 0.29) is 23.8 Å². The van der Waals surface area contributed by atoms with E-state index in [1.165, 1.54) is 24.3 Å². The lowest BCUT2D eigenvalue weighted by Crippen LogP contribution is -2.35. The van der Waals surface area contributed by atoms with Gasteiger partial charge < -0.3 is 15.5 Å². The van der Waals surface area contributed by atoms with Crippen molar-refractivity contribution < 1.29 is 14.0 Å². The molecule has 3 amide bonds. The summed E-state index contributed by atoms with van der Waals surface area (Å²) in [5.41, 5.74) is 4.06. The van der Waals surface area contributed by atoms with Gasteiger partial charge in [-0.05, 0) is 66.9 Å². The maximum Gasteiger partial charge on any atom is 0.319 e. The Morgan fingerprint density at radius 2 is 1.77 bits per heavy atom. The number of hydrogen-bond donors (Lipinski definition) is 2. The van der Waals surface area contributed by atoms with Crippen LogP contribution in [-0.4, -0.2) is 18.0 Å². The first kappa shape index (κ1) is 19.6. The second-order valence-electron chi connectivity index (χ2n) is 7.37. The summed E-state index contributed by atoms with van der Waals surface area (Å²) in [6.07, 6.45) is 0.798.